The van der Waals surface area contributed by atoms with Gasteiger partial charge in [0.2, 0.25) is 0 Å². The van der Waals surface area contributed by atoms with Gasteiger partial charge in [-0.25, -0.2) is 4.39 Å². The van der Waals surface area contributed by atoms with Crippen molar-refractivity contribution in [2.45, 2.75) is 19.3 Å². The molecule has 92 valence electrons. The standard InChI is InChI=1S/C13H9Cl2FN2/c14-7-4-5-8(10(16)6-7)13-12(15)9-2-1-3-11(9)17-18-13/h4-6H,1-3H2. The van der Waals surface area contributed by atoms with Crippen LogP contribution in [-0.4, -0.2) is 10.2 Å². The molecule has 1 aliphatic carbocycles. The van der Waals surface area contributed by atoms with Gasteiger partial charge in [-0.2, -0.15) is 5.10 Å². The van der Waals surface area contributed by atoms with Crippen LogP contribution in [0.15, 0.2) is 18.2 Å². The third kappa shape index (κ3) is 1.88. The number of nitrogens with zero attached hydrogens (tertiary/aromatic N) is 2. The molecule has 5 heteroatoms. The van der Waals surface area contributed by atoms with Crippen LogP contribution in [0, 0.1) is 5.82 Å². The molecule has 0 saturated carbocycles. The van der Waals surface area contributed by atoms with Crippen LogP contribution in [0.4, 0.5) is 4.39 Å². The Morgan fingerprint density at radius 1 is 1.11 bits per heavy atom. The van der Waals surface area contributed by atoms with Crippen molar-refractivity contribution < 1.29 is 4.39 Å². The number of hydrogen-bond acceptors (Lipinski definition) is 2. The van der Waals surface area contributed by atoms with Crippen LogP contribution in [0.5, 0.6) is 0 Å². The molecule has 0 N–H and O–H groups in total. The van der Waals surface area contributed by atoms with E-state index in [2.05, 4.69) is 10.2 Å². The van der Waals surface area contributed by atoms with Gasteiger partial charge >= 0.3 is 0 Å². The minimum atomic E-state index is -0.434. The molecule has 0 bridgehead atoms. The van der Waals surface area contributed by atoms with Crippen LogP contribution in [0.2, 0.25) is 10.0 Å². The van der Waals surface area contributed by atoms with Crippen LogP contribution in [0.25, 0.3) is 11.3 Å². The summed E-state index contributed by atoms with van der Waals surface area (Å²) in [7, 11) is 0. The number of hydrogen-bond donors (Lipinski definition) is 0. The number of fused-ring (bicyclic) bond motifs is 1. The fourth-order valence-corrected chi connectivity index (χ4v) is 2.73. The molecule has 0 unspecified atom stereocenters. The van der Waals surface area contributed by atoms with Crippen LogP contribution in [0.1, 0.15) is 17.7 Å². The second-order valence-corrected chi connectivity index (χ2v) is 5.08. The molecule has 0 amide bonds. The van der Waals surface area contributed by atoms with Crippen molar-refractivity contribution in [3.8, 4) is 11.3 Å². The Hall–Kier alpha value is -1.19. The van der Waals surface area contributed by atoms with Crippen molar-refractivity contribution in [1.29, 1.82) is 0 Å². The topological polar surface area (TPSA) is 25.8 Å². The Morgan fingerprint density at radius 2 is 1.94 bits per heavy atom. The predicted molar refractivity (Wildman–Crippen MR) is 69.5 cm³/mol. The maximum atomic E-state index is 13.9. The molecule has 0 saturated heterocycles. The highest BCUT2D eigenvalue weighted by atomic mass is 35.5. The zero-order chi connectivity index (χ0) is 12.7. The van der Waals surface area contributed by atoms with Crippen molar-refractivity contribution in [2.24, 2.45) is 0 Å². The molecule has 1 aromatic carbocycles. The Bertz CT molecular complexity index is 629. The number of aryl methyl sites for hydroxylation is 1. The van der Waals surface area contributed by atoms with Gasteiger partial charge in [-0.3, -0.25) is 0 Å². The van der Waals surface area contributed by atoms with E-state index in [4.69, 9.17) is 23.2 Å². The van der Waals surface area contributed by atoms with Gasteiger partial charge in [0.1, 0.15) is 11.5 Å². The molecule has 0 atom stereocenters. The van der Waals surface area contributed by atoms with Gasteiger partial charge in [-0.1, -0.05) is 23.2 Å². The summed E-state index contributed by atoms with van der Waals surface area (Å²) in [6.45, 7) is 0. The third-order valence-electron chi connectivity index (χ3n) is 3.12. The van der Waals surface area contributed by atoms with E-state index in [0.717, 1.165) is 30.5 Å². The summed E-state index contributed by atoms with van der Waals surface area (Å²) in [5.74, 6) is -0.434. The smallest absolute Gasteiger partial charge is 0.134 e. The summed E-state index contributed by atoms with van der Waals surface area (Å²) >= 11 is 12.0. The highest BCUT2D eigenvalue weighted by molar-refractivity contribution is 6.34. The van der Waals surface area contributed by atoms with Gasteiger partial charge in [-0.05, 0) is 43.0 Å². The average molecular weight is 283 g/mol. The highest BCUT2D eigenvalue weighted by Gasteiger charge is 2.21. The maximum absolute atomic E-state index is 13.9. The molecule has 2 nitrogen and oxygen atoms in total. The molecule has 0 radical (unpaired) electrons. The van der Waals surface area contributed by atoms with Gasteiger partial charge in [0.25, 0.3) is 0 Å². The zero-order valence-corrected chi connectivity index (χ0v) is 10.9. The fourth-order valence-electron chi connectivity index (χ4n) is 2.23. The number of aromatic nitrogens is 2. The molecule has 3 rings (SSSR count). The Labute approximate surface area is 114 Å². The first kappa shape index (κ1) is 11.9. The first-order valence-corrected chi connectivity index (χ1v) is 6.42. The minimum absolute atomic E-state index is 0.339. The van der Waals surface area contributed by atoms with Crippen molar-refractivity contribution >= 4 is 23.2 Å². The summed E-state index contributed by atoms with van der Waals surface area (Å²) in [6, 6.07) is 4.45. The van der Waals surface area contributed by atoms with E-state index >= 15 is 0 Å². The second-order valence-electron chi connectivity index (χ2n) is 4.27. The van der Waals surface area contributed by atoms with Crippen molar-refractivity contribution in [1.82, 2.24) is 10.2 Å². The van der Waals surface area contributed by atoms with E-state index in [1.54, 1.807) is 12.1 Å². The zero-order valence-electron chi connectivity index (χ0n) is 9.38. The molecule has 1 aromatic heterocycles. The quantitative estimate of drug-likeness (QED) is 0.788. The normalized spacial score (nSPS) is 13.7. The summed E-state index contributed by atoms with van der Waals surface area (Å²) in [4.78, 5) is 0. The summed E-state index contributed by atoms with van der Waals surface area (Å²) < 4.78 is 13.9. The van der Waals surface area contributed by atoms with Crippen molar-refractivity contribution in [3.63, 3.8) is 0 Å². The van der Waals surface area contributed by atoms with E-state index in [1.807, 2.05) is 0 Å². The Morgan fingerprint density at radius 3 is 2.72 bits per heavy atom. The lowest BCUT2D eigenvalue weighted by Gasteiger charge is -2.08. The summed E-state index contributed by atoms with van der Waals surface area (Å²) in [5.41, 5.74) is 2.66. The number of benzene rings is 1. The van der Waals surface area contributed by atoms with E-state index in [-0.39, 0.29) is 0 Å². The lowest BCUT2D eigenvalue weighted by Crippen LogP contribution is -1.98. The SMILES string of the molecule is Fc1cc(Cl)ccc1-c1nnc2c(c1Cl)CCC2. The van der Waals surface area contributed by atoms with E-state index in [1.165, 1.54) is 6.07 Å². The first-order valence-electron chi connectivity index (χ1n) is 5.66. The van der Waals surface area contributed by atoms with Gasteiger partial charge in [0.15, 0.2) is 0 Å². The molecule has 0 spiro atoms. The van der Waals surface area contributed by atoms with Gasteiger partial charge in [-0.15, -0.1) is 5.10 Å². The van der Waals surface area contributed by atoms with Crippen molar-refractivity contribution in [2.75, 3.05) is 0 Å². The van der Waals surface area contributed by atoms with Crippen LogP contribution in [-0.2, 0) is 12.8 Å². The third-order valence-corrected chi connectivity index (χ3v) is 3.76. The van der Waals surface area contributed by atoms with E-state index in [9.17, 15) is 4.39 Å². The molecule has 1 heterocycles. The molecular formula is C13H9Cl2FN2. The van der Waals surface area contributed by atoms with Crippen LogP contribution >= 0.6 is 23.2 Å². The fraction of sp³-hybridized carbons (Fsp3) is 0.231. The average Bonchev–Trinajstić information content (AvgIpc) is 2.80. The monoisotopic (exact) mass is 282 g/mol. The molecule has 2 aromatic rings. The molecular weight excluding hydrogens is 274 g/mol. The number of halogens is 3. The minimum Gasteiger partial charge on any atom is -0.206 e. The molecule has 0 fully saturated rings. The summed E-state index contributed by atoms with van der Waals surface area (Å²) in [5, 5.41) is 9.03. The lowest BCUT2D eigenvalue weighted by molar-refractivity contribution is 0.630. The lowest BCUT2D eigenvalue weighted by atomic mass is 10.1. The van der Waals surface area contributed by atoms with Crippen molar-refractivity contribution in [3.05, 3.63) is 45.3 Å². The largest absolute Gasteiger partial charge is 0.206 e. The van der Waals surface area contributed by atoms with Crippen LogP contribution < -0.4 is 0 Å². The molecule has 1 aliphatic rings. The first-order chi connectivity index (χ1) is 8.66. The van der Waals surface area contributed by atoms with Gasteiger partial charge in [0, 0.05) is 10.6 Å². The van der Waals surface area contributed by atoms with Crippen LogP contribution in [0.3, 0.4) is 0 Å². The Balaban J connectivity index is 2.18. The highest BCUT2D eigenvalue weighted by Crippen LogP contribution is 2.35. The second kappa shape index (κ2) is 4.48. The predicted octanol–water partition coefficient (Wildman–Crippen LogP) is 4.08. The van der Waals surface area contributed by atoms with Gasteiger partial charge < -0.3 is 0 Å². The number of rotatable bonds is 1. The van der Waals surface area contributed by atoms with E-state index < -0.39 is 5.82 Å². The molecule has 18 heavy (non-hydrogen) atoms. The Kier molecular flexibility index (Phi) is 2.96. The molecule has 0 aliphatic heterocycles. The van der Waals surface area contributed by atoms with Gasteiger partial charge in [0.05, 0.1) is 10.7 Å². The summed E-state index contributed by atoms with van der Waals surface area (Å²) in [6.07, 6.45) is 2.80. The maximum Gasteiger partial charge on any atom is 0.134 e. The van der Waals surface area contributed by atoms with E-state index in [0.29, 0.717) is 21.3 Å².